The summed E-state index contributed by atoms with van der Waals surface area (Å²) in [5, 5.41) is 2.84. The standard InChI is InChI=1S/C17H16N2O3/c1-22-16(20)12-6-8-15(9-7-12)18-17(21)19-10-13-4-2-3-5-14(13)11-19/h2-9H,10-11H2,1H3,(H,18,21). The quantitative estimate of drug-likeness (QED) is 0.867. The molecular formula is C17H16N2O3. The number of urea groups is 1. The molecule has 1 N–H and O–H groups in total. The zero-order valence-corrected chi connectivity index (χ0v) is 12.2. The van der Waals surface area contributed by atoms with Crippen LogP contribution < -0.4 is 5.32 Å². The molecule has 1 heterocycles. The number of rotatable bonds is 2. The van der Waals surface area contributed by atoms with Crippen LogP contribution in [0.1, 0.15) is 21.5 Å². The molecule has 1 aliphatic rings. The number of amides is 2. The molecule has 0 saturated heterocycles. The van der Waals surface area contributed by atoms with Crippen molar-refractivity contribution in [2.24, 2.45) is 0 Å². The lowest BCUT2D eigenvalue weighted by molar-refractivity contribution is 0.0601. The van der Waals surface area contributed by atoms with Crippen LogP contribution in [0, 0.1) is 0 Å². The van der Waals surface area contributed by atoms with Crippen molar-refractivity contribution in [3.8, 4) is 0 Å². The summed E-state index contributed by atoms with van der Waals surface area (Å²) in [7, 11) is 1.34. The van der Waals surface area contributed by atoms with Crippen LogP contribution in [0.25, 0.3) is 0 Å². The van der Waals surface area contributed by atoms with E-state index in [0.29, 0.717) is 24.3 Å². The maximum Gasteiger partial charge on any atom is 0.337 e. The van der Waals surface area contributed by atoms with E-state index in [0.717, 1.165) is 0 Å². The molecule has 0 aliphatic carbocycles. The molecule has 0 bridgehead atoms. The number of ether oxygens (including phenoxy) is 1. The number of hydrogen-bond acceptors (Lipinski definition) is 3. The maximum absolute atomic E-state index is 12.3. The van der Waals surface area contributed by atoms with Crippen molar-refractivity contribution >= 4 is 17.7 Å². The highest BCUT2D eigenvalue weighted by Crippen LogP contribution is 2.23. The Balaban J connectivity index is 1.64. The highest BCUT2D eigenvalue weighted by atomic mass is 16.5. The summed E-state index contributed by atoms with van der Waals surface area (Å²) in [6.07, 6.45) is 0. The molecule has 0 saturated carbocycles. The van der Waals surface area contributed by atoms with E-state index in [1.807, 2.05) is 24.3 Å². The monoisotopic (exact) mass is 296 g/mol. The van der Waals surface area contributed by atoms with Crippen LogP contribution in [-0.4, -0.2) is 24.0 Å². The molecule has 5 nitrogen and oxygen atoms in total. The van der Waals surface area contributed by atoms with Gasteiger partial charge in [0.25, 0.3) is 0 Å². The molecule has 0 radical (unpaired) electrons. The summed E-state index contributed by atoms with van der Waals surface area (Å²) >= 11 is 0. The normalized spacial score (nSPS) is 12.7. The molecular weight excluding hydrogens is 280 g/mol. The Morgan fingerprint density at radius 3 is 2.14 bits per heavy atom. The van der Waals surface area contributed by atoms with Crippen molar-refractivity contribution in [2.75, 3.05) is 12.4 Å². The second-order valence-corrected chi connectivity index (χ2v) is 5.12. The molecule has 112 valence electrons. The van der Waals surface area contributed by atoms with E-state index < -0.39 is 5.97 Å². The maximum atomic E-state index is 12.3. The lowest BCUT2D eigenvalue weighted by Gasteiger charge is -2.16. The number of carbonyl (C=O) groups excluding carboxylic acids is 2. The summed E-state index contributed by atoms with van der Waals surface area (Å²) in [5.41, 5.74) is 3.46. The molecule has 1 aliphatic heterocycles. The number of esters is 1. The van der Waals surface area contributed by atoms with Crippen LogP contribution in [0.3, 0.4) is 0 Å². The van der Waals surface area contributed by atoms with Gasteiger partial charge in [-0.2, -0.15) is 0 Å². The number of hydrogen-bond donors (Lipinski definition) is 1. The first-order chi connectivity index (χ1) is 10.7. The zero-order valence-electron chi connectivity index (χ0n) is 12.2. The minimum atomic E-state index is -0.395. The van der Waals surface area contributed by atoms with Gasteiger partial charge in [0.05, 0.1) is 12.7 Å². The molecule has 2 amide bonds. The number of fused-ring (bicyclic) bond motifs is 1. The summed E-state index contributed by atoms with van der Waals surface area (Å²) < 4.78 is 4.64. The Labute approximate surface area is 128 Å². The molecule has 2 aromatic carbocycles. The van der Waals surface area contributed by atoms with E-state index >= 15 is 0 Å². The predicted molar refractivity (Wildman–Crippen MR) is 82.5 cm³/mol. The predicted octanol–water partition coefficient (Wildman–Crippen LogP) is 3.02. The Hall–Kier alpha value is -2.82. The van der Waals surface area contributed by atoms with Gasteiger partial charge >= 0.3 is 12.0 Å². The average molecular weight is 296 g/mol. The van der Waals surface area contributed by atoms with Crippen LogP contribution in [0.2, 0.25) is 0 Å². The van der Waals surface area contributed by atoms with Gasteiger partial charge in [-0.25, -0.2) is 9.59 Å². The van der Waals surface area contributed by atoms with Crippen LogP contribution in [-0.2, 0) is 17.8 Å². The van der Waals surface area contributed by atoms with E-state index in [2.05, 4.69) is 10.1 Å². The van der Waals surface area contributed by atoms with Gasteiger partial charge in [-0.05, 0) is 35.4 Å². The largest absolute Gasteiger partial charge is 0.465 e. The fourth-order valence-electron chi connectivity index (χ4n) is 2.49. The molecule has 0 aromatic heterocycles. The first-order valence-corrected chi connectivity index (χ1v) is 6.98. The van der Waals surface area contributed by atoms with Crippen molar-refractivity contribution in [2.45, 2.75) is 13.1 Å². The first kappa shape index (κ1) is 14.1. The van der Waals surface area contributed by atoms with E-state index in [1.165, 1.54) is 18.2 Å². The van der Waals surface area contributed by atoms with Gasteiger partial charge in [0.2, 0.25) is 0 Å². The van der Waals surface area contributed by atoms with Crippen LogP contribution in [0.4, 0.5) is 10.5 Å². The average Bonchev–Trinajstić information content (AvgIpc) is 2.99. The van der Waals surface area contributed by atoms with Crippen molar-refractivity contribution in [3.05, 3.63) is 65.2 Å². The number of nitrogens with zero attached hydrogens (tertiary/aromatic N) is 1. The second kappa shape index (κ2) is 5.89. The number of nitrogens with one attached hydrogen (secondary N) is 1. The minimum Gasteiger partial charge on any atom is -0.465 e. The smallest absolute Gasteiger partial charge is 0.337 e. The Kier molecular flexibility index (Phi) is 3.78. The molecule has 22 heavy (non-hydrogen) atoms. The first-order valence-electron chi connectivity index (χ1n) is 6.98. The molecule has 0 unspecified atom stereocenters. The van der Waals surface area contributed by atoms with Crippen molar-refractivity contribution in [3.63, 3.8) is 0 Å². The highest BCUT2D eigenvalue weighted by molar-refractivity contribution is 5.92. The Bertz CT molecular complexity index is 685. The van der Waals surface area contributed by atoms with Gasteiger partial charge in [0, 0.05) is 18.8 Å². The molecule has 0 spiro atoms. The van der Waals surface area contributed by atoms with E-state index in [-0.39, 0.29) is 6.03 Å². The van der Waals surface area contributed by atoms with E-state index in [9.17, 15) is 9.59 Å². The fourth-order valence-corrected chi connectivity index (χ4v) is 2.49. The summed E-state index contributed by atoms with van der Waals surface area (Å²) in [4.78, 5) is 25.4. The zero-order chi connectivity index (χ0) is 15.5. The third kappa shape index (κ3) is 2.79. The molecule has 2 aromatic rings. The molecule has 3 rings (SSSR count). The van der Waals surface area contributed by atoms with Crippen molar-refractivity contribution in [1.29, 1.82) is 0 Å². The second-order valence-electron chi connectivity index (χ2n) is 5.12. The van der Waals surface area contributed by atoms with Gasteiger partial charge in [0.15, 0.2) is 0 Å². The third-order valence-electron chi connectivity index (χ3n) is 3.69. The number of methoxy groups -OCH3 is 1. The summed E-state index contributed by atoms with van der Waals surface area (Å²) in [6.45, 7) is 1.23. The highest BCUT2D eigenvalue weighted by Gasteiger charge is 2.22. The lowest BCUT2D eigenvalue weighted by Crippen LogP contribution is -2.30. The summed E-state index contributed by atoms with van der Waals surface area (Å²) in [5.74, 6) is -0.395. The van der Waals surface area contributed by atoms with Crippen molar-refractivity contribution < 1.29 is 14.3 Å². The Morgan fingerprint density at radius 1 is 1.00 bits per heavy atom. The third-order valence-corrected chi connectivity index (χ3v) is 3.69. The molecule has 0 atom stereocenters. The van der Waals surface area contributed by atoms with Crippen LogP contribution >= 0.6 is 0 Å². The van der Waals surface area contributed by atoms with E-state index in [4.69, 9.17) is 0 Å². The molecule has 0 fully saturated rings. The van der Waals surface area contributed by atoms with E-state index in [1.54, 1.807) is 29.2 Å². The van der Waals surface area contributed by atoms with Gasteiger partial charge in [-0.1, -0.05) is 24.3 Å². The van der Waals surface area contributed by atoms with Gasteiger partial charge in [0.1, 0.15) is 0 Å². The number of carbonyl (C=O) groups is 2. The SMILES string of the molecule is COC(=O)c1ccc(NC(=O)N2Cc3ccccc3C2)cc1. The topological polar surface area (TPSA) is 58.6 Å². The van der Waals surface area contributed by atoms with Crippen LogP contribution in [0.5, 0.6) is 0 Å². The summed E-state index contributed by atoms with van der Waals surface area (Å²) in [6, 6.07) is 14.5. The minimum absolute atomic E-state index is 0.151. The van der Waals surface area contributed by atoms with Gasteiger partial charge in [-0.15, -0.1) is 0 Å². The van der Waals surface area contributed by atoms with Gasteiger partial charge < -0.3 is 15.0 Å². The lowest BCUT2D eigenvalue weighted by atomic mass is 10.1. The molecule has 5 heteroatoms. The fraction of sp³-hybridized carbons (Fsp3) is 0.176. The van der Waals surface area contributed by atoms with Gasteiger partial charge in [-0.3, -0.25) is 0 Å². The number of anilines is 1. The van der Waals surface area contributed by atoms with Crippen LogP contribution in [0.15, 0.2) is 48.5 Å². The van der Waals surface area contributed by atoms with Crippen molar-refractivity contribution in [1.82, 2.24) is 4.90 Å². The number of benzene rings is 2. The Morgan fingerprint density at radius 2 is 1.59 bits per heavy atom.